The van der Waals surface area contributed by atoms with E-state index in [0.29, 0.717) is 12.5 Å². The molecule has 2 rings (SSSR count). The van der Waals surface area contributed by atoms with E-state index in [-0.39, 0.29) is 5.91 Å². The molecule has 0 aliphatic carbocycles. The number of carbonyl (C=O) groups excluding carboxylic acids is 1. The van der Waals surface area contributed by atoms with Crippen LogP contribution >= 0.6 is 11.8 Å². The number of carbonyl (C=O) groups is 1. The fourth-order valence-electron chi connectivity index (χ4n) is 2.64. The van der Waals surface area contributed by atoms with Crippen LogP contribution in [0.2, 0.25) is 0 Å². The molecule has 0 saturated heterocycles. The zero-order valence-electron chi connectivity index (χ0n) is 12.4. The quantitative estimate of drug-likeness (QED) is 0.875. The molecule has 20 heavy (non-hydrogen) atoms. The molecule has 1 aliphatic rings. The second kappa shape index (κ2) is 7.70. The highest BCUT2D eigenvalue weighted by Crippen LogP contribution is 2.31. The lowest BCUT2D eigenvalue weighted by molar-refractivity contribution is -0.130. The van der Waals surface area contributed by atoms with Crippen LogP contribution in [0.25, 0.3) is 0 Å². The van der Waals surface area contributed by atoms with Crippen molar-refractivity contribution >= 4 is 17.7 Å². The lowest BCUT2D eigenvalue weighted by Gasteiger charge is -2.26. The first-order valence-corrected chi connectivity index (χ1v) is 8.58. The van der Waals surface area contributed by atoms with Crippen molar-refractivity contribution in [2.24, 2.45) is 0 Å². The lowest BCUT2D eigenvalue weighted by atomic mass is 10.0. The van der Waals surface area contributed by atoms with Gasteiger partial charge in [-0.3, -0.25) is 4.79 Å². The van der Waals surface area contributed by atoms with Crippen LogP contribution in [0.4, 0.5) is 0 Å². The molecule has 3 nitrogen and oxygen atoms in total. The van der Waals surface area contributed by atoms with Gasteiger partial charge in [-0.05, 0) is 25.0 Å². The summed E-state index contributed by atoms with van der Waals surface area (Å²) in [5, 5.41) is 3.54. The Morgan fingerprint density at radius 1 is 1.35 bits per heavy atom. The number of benzene rings is 1. The molecule has 0 bridgehead atoms. The molecule has 1 atom stereocenters. The second-order valence-corrected chi connectivity index (χ2v) is 6.07. The Balaban J connectivity index is 1.85. The number of rotatable bonds is 6. The largest absolute Gasteiger partial charge is 0.343 e. The fourth-order valence-corrected chi connectivity index (χ4v) is 3.77. The van der Waals surface area contributed by atoms with Crippen LogP contribution in [0.3, 0.4) is 0 Å². The van der Waals surface area contributed by atoms with Crippen molar-refractivity contribution in [2.75, 3.05) is 25.4 Å². The first-order valence-electron chi connectivity index (χ1n) is 7.43. The summed E-state index contributed by atoms with van der Waals surface area (Å²) < 4.78 is 0. The summed E-state index contributed by atoms with van der Waals surface area (Å²) in [5.74, 6) is 2.45. The van der Waals surface area contributed by atoms with E-state index in [0.717, 1.165) is 31.1 Å². The van der Waals surface area contributed by atoms with Crippen LogP contribution in [-0.4, -0.2) is 36.2 Å². The van der Waals surface area contributed by atoms with Gasteiger partial charge in [-0.15, -0.1) is 0 Å². The molecule has 1 N–H and O–H groups in total. The number of hydrogen-bond donors (Lipinski definition) is 1. The molecule has 1 aliphatic heterocycles. The van der Waals surface area contributed by atoms with Gasteiger partial charge in [0.25, 0.3) is 0 Å². The lowest BCUT2D eigenvalue weighted by Crippen LogP contribution is -2.34. The summed E-state index contributed by atoms with van der Waals surface area (Å²) >= 11 is 1.96. The smallest absolute Gasteiger partial charge is 0.223 e. The highest BCUT2D eigenvalue weighted by Gasteiger charge is 2.19. The number of nitrogens with zero attached hydrogens (tertiary/aromatic N) is 1. The van der Waals surface area contributed by atoms with E-state index >= 15 is 0 Å². The number of amides is 1. The Morgan fingerprint density at radius 2 is 2.10 bits per heavy atom. The normalized spacial score (nSPS) is 17.6. The van der Waals surface area contributed by atoms with Crippen molar-refractivity contribution in [1.29, 1.82) is 0 Å². The Bertz CT molecular complexity index is 446. The van der Waals surface area contributed by atoms with Crippen molar-refractivity contribution in [3.63, 3.8) is 0 Å². The average molecular weight is 292 g/mol. The van der Waals surface area contributed by atoms with Crippen LogP contribution in [0.5, 0.6) is 0 Å². The fraction of sp³-hybridized carbons (Fsp3) is 0.562. The summed E-state index contributed by atoms with van der Waals surface area (Å²) in [5.41, 5.74) is 2.83. The van der Waals surface area contributed by atoms with E-state index in [1.54, 1.807) is 0 Å². The molecule has 1 unspecified atom stereocenters. The summed E-state index contributed by atoms with van der Waals surface area (Å²) in [7, 11) is 0. The highest BCUT2D eigenvalue weighted by molar-refractivity contribution is 7.98. The van der Waals surface area contributed by atoms with Gasteiger partial charge in [0.1, 0.15) is 0 Å². The highest BCUT2D eigenvalue weighted by atomic mass is 32.2. The maximum atomic E-state index is 12.0. The molecule has 0 aromatic heterocycles. The molecular weight excluding hydrogens is 268 g/mol. The average Bonchev–Trinajstić information content (AvgIpc) is 2.49. The Hall–Kier alpha value is -1.00. The van der Waals surface area contributed by atoms with Crippen molar-refractivity contribution in [2.45, 2.75) is 32.1 Å². The molecule has 1 aromatic rings. The van der Waals surface area contributed by atoms with E-state index < -0.39 is 0 Å². The topological polar surface area (TPSA) is 32.3 Å². The first-order chi connectivity index (χ1) is 9.76. The maximum Gasteiger partial charge on any atom is 0.223 e. The van der Waals surface area contributed by atoms with Gasteiger partial charge < -0.3 is 10.2 Å². The minimum Gasteiger partial charge on any atom is -0.343 e. The summed E-state index contributed by atoms with van der Waals surface area (Å²) in [4.78, 5) is 13.9. The van der Waals surface area contributed by atoms with E-state index in [4.69, 9.17) is 0 Å². The molecule has 0 saturated carbocycles. The van der Waals surface area contributed by atoms with Gasteiger partial charge in [-0.1, -0.05) is 24.3 Å². The number of fused-ring (bicyclic) bond motifs is 1. The van der Waals surface area contributed by atoms with E-state index in [1.165, 1.54) is 11.1 Å². The zero-order chi connectivity index (χ0) is 14.4. The SMILES string of the molecule is CCN(CC)C(=O)CCNC1CSCc2ccccc21. The van der Waals surface area contributed by atoms with Gasteiger partial charge in [-0.25, -0.2) is 0 Å². The molecule has 0 spiro atoms. The van der Waals surface area contributed by atoms with E-state index in [1.807, 2.05) is 30.5 Å². The van der Waals surface area contributed by atoms with Crippen LogP contribution in [0, 0.1) is 0 Å². The summed E-state index contributed by atoms with van der Waals surface area (Å²) in [6, 6.07) is 9.00. The van der Waals surface area contributed by atoms with Crippen LogP contribution in [0.15, 0.2) is 24.3 Å². The molecule has 4 heteroatoms. The molecule has 1 amide bonds. The van der Waals surface area contributed by atoms with Crippen molar-refractivity contribution in [3.8, 4) is 0 Å². The standard InChI is InChI=1S/C16H24N2OS/c1-3-18(4-2)16(19)9-10-17-15-12-20-11-13-7-5-6-8-14(13)15/h5-8,15,17H,3-4,9-12H2,1-2H3. The van der Waals surface area contributed by atoms with Crippen molar-refractivity contribution in [1.82, 2.24) is 10.2 Å². The molecule has 1 heterocycles. The third kappa shape index (κ3) is 3.76. The third-order valence-electron chi connectivity index (χ3n) is 3.82. The van der Waals surface area contributed by atoms with Crippen molar-refractivity contribution < 1.29 is 4.79 Å². The second-order valence-electron chi connectivity index (χ2n) is 5.04. The third-order valence-corrected chi connectivity index (χ3v) is 4.90. The molecule has 110 valence electrons. The molecule has 0 fully saturated rings. The minimum atomic E-state index is 0.249. The monoisotopic (exact) mass is 292 g/mol. The zero-order valence-corrected chi connectivity index (χ0v) is 13.2. The van der Waals surface area contributed by atoms with E-state index in [9.17, 15) is 4.79 Å². The van der Waals surface area contributed by atoms with E-state index in [2.05, 4.69) is 29.6 Å². The van der Waals surface area contributed by atoms with Crippen LogP contribution < -0.4 is 5.32 Å². The summed E-state index contributed by atoms with van der Waals surface area (Å²) in [6.45, 7) is 6.43. The van der Waals surface area contributed by atoms with Crippen LogP contribution in [0.1, 0.15) is 37.4 Å². The van der Waals surface area contributed by atoms with Gasteiger partial charge in [0.15, 0.2) is 0 Å². The van der Waals surface area contributed by atoms with Gasteiger partial charge in [0.2, 0.25) is 5.91 Å². The first kappa shape index (κ1) is 15.4. The minimum absolute atomic E-state index is 0.249. The van der Waals surface area contributed by atoms with Gasteiger partial charge in [0.05, 0.1) is 0 Å². The molecule has 1 aromatic carbocycles. The Labute approximate surface area is 126 Å². The Kier molecular flexibility index (Phi) is 5.92. The van der Waals surface area contributed by atoms with Gasteiger partial charge in [0, 0.05) is 43.6 Å². The molecular formula is C16H24N2OS. The van der Waals surface area contributed by atoms with Gasteiger partial charge >= 0.3 is 0 Å². The number of hydrogen-bond acceptors (Lipinski definition) is 3. The number of nitrogens with one attached hydrogen (secondary N) is 1. The number of thioether (sulfide) groups is 1. The maximum absolute atomic E-state index is 12.0. The molecule has 0 radical (unpaired) electrons. The predicted molar refractivity (Wildman–Crippen MR) is 85.9 cm³/mol. The van der Waals surface area contributed by atoms with Gasteiger partial charge in [-0.2, -0.15) is 11.8 Å². The van der Waals surface area contributed by atoms with Crippen LogP contribution in [-0.2, 0) is 10.5 Å². The van der Waals surface area contributed by atoms with Crippen molar-refractivity contribution in [3.05, 3.63) is 35.4 Å². The predicted octanol–water partition coefficient (Wildman–Crippen LogP) is 2.82. The summed E-state index contributed by atoms with van der Waals surface area (Å²) in [6.07, 6.45) is 0.588. The Morgan fingerprint density at radius 3 is 2.85 bits per heavy atom.